The molecule has 4 nitrogen and oxygen atoms in total. The lowest BCUT2D eigenvalue weighted by Crippen LogP contribution is -2.26. The number of benzene rings is 2. The van der Waals surface area contributed by atoms with E-state index in [1.807, 2.05) is 0 Å². The molecule has 1 amide bonds. The van der Waals surface area contributed by atoms with Crippen molar-refractivity contribution in [3.8, 4) is 0 Å². The van der Waals surface area contributed by atoms with E-state index in [0.29, 0.717) is 24.1 Å². The van der Waals surface area contributed by atoms with Gasteiger partial charge in [0.15, 0.2) is 0 Å². The lowest BCUT2D eigenvalue weighted by molar-refractivity contribution is 0.0695. The molecule has 108 valence electrons. The van der Waals surface area contributed by atoms with Gasteiger partial charge in [-0.1, -0.05) is 18.2 Å². The van der Waals surface area contributed by atoms with E-state index in [1.165, 1.54) is 30.3 Å². The highest BCUT2D eigenvalue weighted by molar-refractivity contribution is 5.94. The third-order valence-corrected chi connectivity index (χ3v) is 3.03. The van der Waals surface area contributed by atoms with Gasteiger partial charge in [0.25, 0.3) is 5.91 Å². The van der Waals surface area contributed by atoms with E-state index in [2.05, 4.69) is 5.32 Å². The highest BCUT2D eigenvalue weighted by Crippen LogP contribution is 2.09. The van der Waals surface area contributed by atoms with Crippen molar-refractivity contribution in [2.75, 3.05) is 6.54 Å². The number of aromatic carboxylic acids is 1. The van der Waals surface area contributed by atoms with Crippen LogP contribution in [0.3, 0.4) is 0 Å². The van der Waals surface area contributed by atoms with Gasteiger partial charge in [-0.05, 0) is 42.3 Å². The number of hydrogen-bond donors (Lipinski definition) is 2. The molecule has 0 aliphatic heterocycles. The number of nitrogens with one attached hydrogen (secondary N) is 1. The van der Waals surface area contributed by atoms with Gasteiger partial charge >= 0.3 is 5.97 Å². The quantitative estimate of drug-likeness (QED) is 0.888. The predicted molar refractivity (Wildman–Crippen MR) is 75.8 cm³/mol. The first kappa shape index (κ1) is 14.7. The Morgan fingerprint density at radius 3 is 2.38 bits per heavy atom. The molecule has 0 saturated heterocycles. The second-order valence-corrected chi connectivity index (χ2v) is 4.48. The fourth-order valence-corrected chi connectivity index (χ4v) is 1.96. The Hall–Kier alpha value is -2.69. The monoisotopic (exact) mass is 287 g/mol. The van der Waals surface area contributed by atoms with Crippen LogP contribution in [0, 0.1) is 5.82 Å². The highest BCUT2D eigenvalue weighted by atomic mass is 19.1. The van der Waals surface area contributed by atoms with Crippen LogP contribution in [-0.2, 0) is 6.42 Å². The van der Waals surface area contributed by atoms with E-state index in [0.717, 1.165) is 0 Å². The summed E-state index contributed by atoms with van der Waals surface area (Å²) in [6, 6.07) is 11.9. The van der Waals surface area contributed by atoms with Gasteiger partial charge in [-0.2, -0.15) is 0 Å². The topological polar surface area (TPSA) is 66.4 Å². The molecule has 0 heterocycles. The lowest BCUT2D eigenvalue weighted by Gasteiger charge is -2.07. The van der Waals surface area contributed by atoms with Crippen LogP contribution in [0.4, 0.5) is 4.39 Å². The minimum Gasteiger partial charge on any atom is -0.478 e. The van der Waals surface area contributed by atoms with Crippen molar-refractivity contribution < 1.29 is 19.1 Å². The Bertz CT molecular complexity index is 653. The van der Waals surface area contributed by atoms with E-state index < -0.39 is 11.8 Å². The molecule has 21 heavy (non-hydrogen) atoms. The van der Waals surface area contributed by atoms with Crippen LogP contribution in [0.25, 0.3) is 0 Å². The van der Waals surface area contributed by atoms with Crippen molar-refractivity contribution in [1.82, 2.24) is 5.32 Å². The number of halogens is 1. The lowest BCUT2D eigenvalue weighted by atomic mass is 10.0. The Morgan fingerprint density at radius 1 is 1.05 bits per heavy atom. The number of carboxylic acids is 1. The molecule has 0 saturated carbocycles. The summed E-state index contributed by atoms with van der Waals surface area (Å²) in [7, 11) is 0. The summed E-state index contributed by atoms with van der Waals surface area (Å²) >= 11 is 0. The van der Waals surface area contributed by atoms with Gasteiger partial charge in [-0.15, -0.1) is 0 Å². The van der Waals surface area contributed by atoms with Crippen molar-refractivity contribution >= 4 is 11.9 Å². The Kier molecular flexibility index (Phi) is 4.66. The summed E-state index contributed by atoms with van der Waals surface area (Å²) in [5.41, 5.74) is 1.25. The second-order valence-electron chi connectivity index (χ2n) is 4.48. The van der Waals surface area contributed by atoms with Crippen LogP contribution in [0.15, 0.2) is 48.5 Å². The Balaban J connectivity index is 1.94. The van der Waals surface area contributed by atoms with Gasteiger partial charge in [0.05, 0.1) is 5.56 Å². The molecule has 0 radical (unpaired) electrons. The van der Waals surface area contributed by atoms with Crippen molar-refractivity contribution in [3.05, 3.63) is 71.0 Å². The van der Waals surface area contributed by atoms with Crippen molar-refractivity contribution in [2.45, 2.75) is 6.42 Å². The zero-order chi connectivity index (χ0) is 15.2. The largest absolute Gasteiger partial charge is 0.478 e. The minimum absolute atomic E-state index is 0.230. The van der Waals surface area contributed by atoms with Crippen LogP contribution >= 0.6 is 0 Å². The number of carbonyl (C=O) groups is 2. The first-order chi connectivity index (χ1) is 10.1. The van der Waals surface area contributed by atoms with Crippen molar-refractivity contribution in [1.29, 1.82) is 0 Å². The third kappa shape index (κ3) is 3.89. The summed E-state index contributed by atoms with van der Waals surface area (Å²) in [5, 5.41) is 11.7. The summed E-state index contributed by atoms with van der Waals surface area (Å²) in [5.74, 6) is -1.71. The van der Waals surface area contributed by atoms with Crippen LogP contribution in [0.1, 0.15) is 26.3 Å². The van der Waals surface area contributed by atoms with Gasteiger partial charge in [0, 0.05) is 12.1 Å². The first-order valence-electron chi connectivity index (χ1n) is 6.43. The van der Waals surface area contributed by atoms with Crippen LogP contribution in [0.5, 0.6) is 0 Å². The maximum Gasteiger partial charge on any atom is 0.335 e. The molecule has 0 spiro atoms. The maximum absolute atomic E-state index is 12.8. The molecule has 0 aromatic heterocycles. The van der Waals surface area contributed by atoms with E-state index >= 15 is 0 Å². The number of rotatable bonds is 5. The molecule has 0 bridgehead atoms. The molecule has 0 atom stereocenters. The Labute approximate surface area is 121 Å². The summed E-state index contributed by atoms with van der Waals surface area (Å²) in [6.07, 6.45) is 0.412. The zero-order valence-corrected chi connectivity index (χ0v) is 11.2. The van der Waals surface area contributed by atoms with Gasteiger partial charge in [0.1, 0.15) is 5.82 Å². The summed E-state index contributed by atoms with van der Waals surface area (Å²) in [4.78, 5) is 22.9. The minimum atomic E-state index is -0.990. The third-order valence-electron chi connectivity index (χ3n) is 3.03. The van der Waals surface area contributed by atoms with Crippen LogP contribution < -0.4 is 5.32 Å². The number of hydrogen-bond acceptors (Lipinski definition) is 2. The van der Waals surface area contributed by atoms with Gasteiger partial charge in [-0.3, -0.25) is 4.79 Å². The molecule has 2 aromatic carbocycles. The van der Waals surface area contributed by atoms with Crippen molar-refractivity contribution in [3.63, 3.8) is 0 Å². The fourth-order valence-electron chi connectivity index (χ4n) is 1.96. The molecule has 0 fully saturated rings. The zero-order valence-electron chi connectivity index (χ0n) is 11.2. The van der Waals surface area contributed by atoms with E-state index in [9.17, 15) is 14.0 Å². The predicted octanol–water partition coefficient (Wildman–Crippen LogP) is 2.50. The van der Waals surface area contributed by atoms with Gasteiger partial charge < -0.3 is 10.4 Å². The highest BCUT2D eigenvalue weighted by Gasteiger charge is 2.09. The number of carboxylic acid groups (broad SMARTS) is 1. The average molecular weight is 287 g/mol. The van der Waals surface area contributed by atoms with E-state index in [1.54, 1.807) is 18.2 Å². The van der Waals surface area contributed by atoms with Gasteiger partial charge in [0.2, 0.25) is 0 Å². The van der Waals surface area contributed by atoms with Crippen LogP contribution in [-0.4, -0.2) is 23.5 Å². The average Bonchev–Trinajstić information content (AvgIpc) is 2.48. The number of carbonyl (C=O) groups excluding carboxylic acids is 1. The normalized spacial score (nSPS) is 10.1. The summed E-state index contributed by atoms with van der Waals surface area (Å²) in [6.45, 7) is 0.306. The second kappa shape index (κ2) is 6.65. The SMILES string of the molecule is O=C(NCCc1ccccc1C(=O)O)c1ccc(F)cc1. The number of amides is 1. The Morgan fingerprint density at radius 2 is 1.71 bits per heavy atom. The molecule has 0 aliphatic carbocycles. The molecule has 2 aromatic rings. The molecule has 2 N–H and O–H groups in total. The van der Waals surface area contributed by atoms with Crippen LogP contribution in [0.2, 0.25) is 0 Å². The summed E-state index contributed by atoms with van der Waals surface area (Å²) < 4.78 is 12.8. The first-order valence-corrected chi connectivity index (χ1v) is 6.43. The standard InChI is InChI=1S/C16H14FNO3/c17-13-7-5-12(6-8-13)15(19)18-10-9-11-3-1-2-4-14(11)16(20)21/h1-8H,9-10H2,(H,18,19)(H,20,21). The molecular formula is C16H14FNO3. The van der Waals surface area contributed by atoms with Gasteiger partial charge in [-0.25, -0.2) is 9.18 Å². The van der Waals surface area contributed by atoms with E-state index in [4.69, 9.17) is 5.11 Å². The smallest absolute Gasteiger partial charge is 0.335 e. The van der Waals surface area contributed by atoms with E-state index in [-0.39, 0.29) is 11.5 Å². The fraction of sp³-hybridized carbons (Fsp3) is 0.125. The molecule has 0 unspecified atom stereocenters. The molecule has 0 aliphatic rings. The molecule has 2 rings (SSSR count). The maximum atomic E-state index is 12.8. The molecule has 5 heteroatoms. The van der Waals surface area contributed by atoms with Crippen molar-refractivity contribution in [2.24, 2.45) is 0 Å². The molecular weight excluding hydrogens is 273 g/mol.